The monoisotopic (exact) mass is 286 g/mol. The average Bonchev–Trinajstić information content (AvgIpc) is 2.61. The molecule has 1 amide bonds. The van der Waals surface area contributed by atoms with Gasteiger partial charge in [0.25, 0.3) is 5.91 Å². The van der Waals surface area contributed by atoms with E-state index in [0.29, 0.717) is 11.4 Å². The number of rotatable bonds is 3. The number of halogens is 1. The summed E-state index contributed by atoms with van der Waals surface area (Å²) < 4.78 is 0.791. The predicted octanol–water partition coefficient (Wildman–Crippen LogP) is 2.79. The minimum Gasteiger partial charge on any atom is -0.350 e. The molecule has 0 atom stereocenters. The lowest BCUT2D eigenvalue weighted by molar-refractivity contribution is 0.0947. The Balaban J connectivity index is 2.59. The number of amides is 1. The molecule has 0 aliphatic rings. The van der Waals surface area contributed by atoms with Crippen molar-refractivity contribution in [3.05, 3.63) is 20.8 Å². The molecule has 1 heterocycles. The summed E-state index contributed by atoms with van der Waals surface area (Å²) in [7, 11) is 0. The van der Waals surface area contributed by atoms with Gasteiger partial charge in [0.1, 0.15) is 4.88 Å². The molecule has 1 rings (SSSR count). The first-order valence-electron chi connectivity index (χ1n) is 4.39. The number of thiophene rings is 1. The Morgan fingerprint density at radius 3 is 2.87 bits per heavy atom. The van der Waals surface area contributed by atoms with Gasteiger partial charge in [0.2, 0.25) is 0 Å². The van der Waals surface area contributed by atoms with Gasteiger partial charge in [-0.1, -0.05) is 0 Å². The smallest absolute Gasteiger partial charge is 0.262 e. The standard InChI is InChI=1S/C10H11BrN2OS/c1-10(2,5-12)6-13-9(14)8-7(11)3-4-15-8/h3-4H,6H2,1-2H3,(H,13,14). The molecule has 1 aromatic heterocycles. The fourth-order valence-corrected chi connectivity index (χ4v) is 2.34. The third-order valence-corrected chi connectivity index (χ3v) is 3.65. The second-order valence-electron chi connectivity index (χ2n) is 3.78. The van der Waals surface area contributed by atoms with Crippen molar-refractivity contribution in [1.29, 1.82) is 5.26 Å². The van der Waals surface area contributed by atoms with Crippen molar-refractivity contribution >= 4 is 33.2 Å². The van der Waals surface area contributed by atoms with E-state index in [1.165, 1.54) is 11.3 Å². The second-order valence-corrected chi connectivity index (χ2v) is 5.55. The van der Waals surface area contributed by atoms with Crippen molar-refractivity contribution in [3.8, 4) is 6.07 Å². The fourth-order valence-electron chi connectivity index (χ4n) is 0.877. The lowest BCUT2D eigenvalue weighted by atomic mass is 9.96. The van der Waals surface area contributed by atoms with Gasteiger partial charge in [-0.3, -0.25) is 4.79 Å². The average molecular weight is 287 g/mol. The summed E-state index contributed by atoms with van der Waals surface area (Å²) in [4.78, 5) is 12.3. The van der Waals surface area contributed by atoms with E-state index in [2.05, 4.69) is 27.3 Å². The van der Waals surface area contributed by atoms with Gasteiger partial charge >= 0.3 is 0 Å². The van der Waals surface area contributed by atoms with Gasteiger partial charge in [-0.05, 0) is 41.2 Å². The highest BCUT2D eigenvalue weighted by atomic mass is 79.9. The molecule has 0 aliphatic carbocycles. The van der Waals surface area contributed by atoms with Gasteiger partial charge in [-0.25, -0.2) is 0 Å². The third-order valence-electron chi connectivity index (χ3n) is 1.82. The molecule has 0 spiro atoms. The number of carbonyl (C=O) groups is 1. The van der Waals surface area contributed by atoms with Gasteiger partial charge in [-0.15, -0.1) is 11.3 Å². The Morgan fingerprint density at radius 1 is 1.73 bits per heavy atom. The Kier molecular flexibility index (Phi) is 3.89. The van der Waals surface area contributed by atoms with Gasteiger partial charge < -0.3 is 5.32 Å². The maximum Gasteiger partial charge on any atom is 0.262 e. The van der Waals surface area contributed by atoms with Crippen LogP contribution in [0.15, 0.2) is 15.9 Å². The zero-order valence-corrected chi connectivity index (χ0v) is 10.9. The van der Waals surface area contributed by atoms with Crippen LogP contribution >= 0.6 is 27.3 Å². The molecule has 0 bridgehead atoms. The van der Waals surface area contributed by atoms with Gasteiger partial charge in [-0.2, -0.15) is 5.26 Å². The molecule has 0 aliphatic heterocycles. The topological polar surface area (TPSA) is 52.9 Å². The summed E-state index contributed by atoms with van der Waals surface area (Å²) >= 11 is 4.66. The maximum atomic E-state index is 11.6. The molecule has 1 aromatic rings. The largest absolute Gasteiger partial charge is 0.350 e. The molecule has 0 saturated heterocycles. The molecule has 80 valence electrons. The van der Waals surface area contributed by atoms with Crippen LogP contribution in [0.4, 0.5) is 0 Å². The summed E-state index contributed by atoms with van der Waals surface area (Å²) in [5, 5.41) is 13.4. The summed E-state index contributed by atoms with van der Waals surface area (Å²) in [5.41, 5.74) is -0.528. The lowest BCUT2D eigenvalue weighted by Crippen LogP contribution is -2.32. The summed E-state index contributed by atoms with van der Waals surface area (Å²) in [6.45, 7) is 3.93. The van der Waals surface area contributed by atoms with Crippen molar-refractivity contribution in [2.24, 2.45) is 5.41 Å². The zero-order chi connectivity index (χ0) is 11.5. The first-order valence-corrected chi connectivity index (χ1v) is 6.06. The van der Waals surface area contributed by atoms with E-state index >= 15 is 0 Å². The van der Waals surface area contributed by atoms with Crippen LogP contribution in [0.1, 0.15) is 23.5 Å². The normalized spacial score (nSPS) is 10.8. The van der Waals surface area contributed by atoms with Gasteiger partial charge in [0, 0.05) is 11.0 Å². The molecule has 1 N–H and O–H groups in total. The maximum absolute atomic E-state index is 11.6. The van der Waals surface area contributed by atoms with E-state index in [1.54, 1.807) is 13.8 Å². The first-order chi connectivity index (χ1) is 6.96. The Bertz CT molecular complexity index is 406. The summed E-state index contributed by atoms with van der Waals surface area (Å²) in [5.74, 6) is -0.139. The van der Waals surface area contributed by atoms with E-state index in [4.69, 9.17) is 5.26 Å². The van der Waals surface area contributed by atoms with Crippen molar-refractivity contribution < 1.29 is 4.79 Å². The third kappa shape index (κ3) is 3.33. The van der Waals surface area contributed by atoms with Crippen molar-refractivity contribution in [1.82, 2.24) is 5.32 Å². The quantitative estimate of drug-likeness (QED) is 0.929. The zero-order valence-electron chi connectivity index (χ0n) is 8.50. The van der Waals surface area contributed by atoms with Crippen molar-refractivity contribution in [2.75, 3.05) is 6.54 Å². The number of hydrogen-bond donors (Lipinski definition) is 1. The molecule has 0 unspecified atom stereocenters. The van der Waals surface area contributed by atoms with E-state index in [1.807, 2.05) is 11.4 Å². The van der Waals surface area contributed by atoms with Crippen LogP contribution in [0, 0.1) is 16.7 Å². The highest BCUT2D eigenvalue weighted by Gasteiger charge is 2.19. The van der Waals surface area contributed by atoms with Gasteiger partial charge in [0.15, 0.2) is 0 Å². The van der Waals surface area contributed by atoms with Crippen LogP contribution < -0.4 is 5.32 Å². The predicted molar refractivity (Wildman–Crippen MR) is 63.7 cm³/mol. The van der Waals surface area contributed by atoms with E-state index in [-0.39, 0.29) is 5.91 Å². The SMILES string of the molecule is CC(C)(C#N)CNC(=O)c1sccc1Br. The van der Waals surface area contributed by atoms with Crippen molar-refractivity contribution in [2.45, 2.75) is 13.8 Å². The minimum absolute atomic E-state index is 0.139. The van der Waals surface area contributed by atoms with Crippen molar-refractivity contribution in [3.63, 3.8) is 0 Å². The second kappa shape index (κ2) is 4.77. The van der Waals surface area contributed by atoms with E-state index in [0.717, 1.165) is 4.47 Å². The van der Waals surface area contributed by atoms with Crippen LogP contribution in [0.25, 0.3) is 0 Å². The molecular weight excluding hydrogens is 276 g/mol. The number of nitrogens with zero attached hydrogens (tertiary/aromatic N) is 1. The number of nitriles is 1. The number of nitrogens with one attached hydrogen (secondary N) is 1. The summed E-state index contributed by atoms with van der Waals surface area (Å²) in [6, 6.07) is 3.96. The minimum atomic E-state index is -0.528. The Hall–Kier alpha value is -0.860. The van der Waals surface area contributed by atoms with Crippen LogP contribution in [-0.4, -0.2) is 12.5 Å². The van der Waals surface area contributed by atoms with Crippen LogP contribution in [0.3, 0.4) is 0 Å². The first kappa shape index (κ1) is 12.2. The summed E-state index contributed by atoms with van der Waals surface area (Å²) in [6.07, 6.45) is 0. The number of carbonyl (C=O) groups excluding carboxylic acids is 1. The molecule has 0 saturated carbocycles. The highest BCUT2D eigenvalue weighted by molar-refractivity contribution is 9.10. The van der Waals surface area contributed by atoms with Crippen LogP contribution in [0.2, 0.25) is 0 Å². The van der Waals surface area contributed by atoms with Gasteiger partial charge in [0.05, 0.1) is 11.5 Å². The molecule has 0 radical (unpaired) electrons. The molecule has 15 heavy (non-hydrogen) atoms. The number of hydrogen-bond acceptors (Lipinski definition) is 3. The molecular formula is C10H11BrN2OS. The molecule has 0 fully saturated rings. The van der Waals surface area contributed by atoms with Crippen LogP contribution in [0.5, 0.6) is 0 Å². The van der Waals surface area contributed by atoms with E-state index in [9.17, 15) is 4.79 Å². The molecule has 0 aromatic carbocycles. The molecule has 3 nitrogen and oxygen atoms in total. The Labute approximate surface area is 101 Å². The Morgan fingerprint density at radius 2 is 2.40 bits per heavy atom. The lowest BCUT2D eigenvalue weighted by Gasteiger charge is -2.15. The van der Waals surface area contributed by atoms with Crippen LogP contribution in [-0.2, 0) is 0 Å². The molecule has 5 heteroatoms. The van der Waals surface area contributed by atoms with E-state index < -0.39 is 5.41 Å². The highest BCUT2D eigenvalue weighted by Crippen LogP contribution is 2.22. The fraction of sp³-hybridized carbons (Fsp3) is 0.400.